The lowest BCUT2D eigenvalue weighted by Crippen LogP contribution is -2.35. The molecular formula is C9H17NO. The Morgan fingerprint density at radius 1 is 1.64 bits per heavy atom. The van der Waals surface area contributed by atoms with Gasteiger partial charge in [0.1, 0.15) is 0 Å². The first-order valence-electron chi connectivity index (χ1n) is 4.27. The van der Waals surface area contributed by atoms with Crippen molar-refractivity contribution < 1.29 is 5.11 Å². The maximum Gasteiger partial charge on any atom is 0.0642 e. The van der Waals surface area contributed by atoms with Crippen LogP contribution in [0.4, 0.5) is 0 Å². The van der Waals surface area contributed by atoms with Gasteiger partial charge >= 0.3 is 0 Å². The predicted molar refractivity (Wildman–Crippen MR) is 46.5 cm³/mol. The summed E-state index contributed by atoms with van der Waals surface area (Å²) in [5, 5.41) is 8.83. The SMILES string of the molecule is CC(C)N1CC=C(CO)CC1. The van der Waals surface area contributed by atoms with Gasteiger partial charge in [0.2, 0.25) is 0 Å². The molecule has 2 nitrogen and oxygen atoms in total. The molecule has 0 unspecified atom stereocenters. The molecule has 1 heterocycles. The van der Waals surface area contributed by atoms with Crippen LogP contribution in [0.25, 0.3) is 0 Å². The average Bonchev–Trinajstić information content (AvgIpc) is 2.05. The van der Waals surface area contributed by atoms with Crippen LogP contribution in [0.1, 0.15) is 20.3 Å². The highest BCUT2D eigenvalue weighted by Gasteiger charge is 2.12. The summed E-state index contributed by atoms with van der Waals surface area (Å²) in [6, 6.07) is 0.631. The topological polar surface area (TPSA) is 23.5 Å². The van der Waals surface area contributed by atoms with Gasteiger partial charge in [-0.1, -0.05) is 6.08 Å². The minimum Gasteiger partial charge on any atom is -0.392 e. The molecule has 1 rings (SSSR count). The van der Waals surface area contributed by atoms with Gasteiger partial charge in [-0.15, -0.1) is 0 Å². The van der Waals surface area contributed by atoms with E-state index < -0.39 is 0 Å². The van der Waals surface area contributed by atoms with Gasteiger partial charge < -0.3 is 5.11 Å². The van der Waals surface area contributed by atoms with Crippen molar-refractivity contribution in [2.24, 2.45) is 0 Å². The smallest absolute Gasteiger partial charge is 0.0642 e. The van der Waals surface area contributed by atoms with Crippen LogP contribution in [0.3, 0.4) is 0 Å². The molecule has 0 radical (unpaired) electrons. The first-order valence-corrected chi connectivity index (χ1v) is 4.27. The van der Waals surface area contributed by atoms with E-state index in [0.717, 1.165) is 19.5 Å². The van der Waals surface area contributed by atoms with E-state index in [2.05, 4.69) is 24.8 Å². The van der Waals surface area contributed by atoms with Gasteiger partial charge in [-0.25, -0.2) is 0 Å². The summed E-state index contributed by atoms with van der Waals surface area (Å²) in [6.45, 7) is 6.76. The maximum atomic E-state index is 8.83. The van der Waals surface area contributed by atoms with Gasteiger partial charge in [-0.3, -0.25) is 4.90 Å². The summed E-state index contributed by atoms with van der Waals surface area (Å²) in [6.07, 6.45) is 3.18. The van der Waals surface area contributed by atoms with Gasteiger partial charge in [0.25, 0.3) is 0 Å². The Morgan fingerprint density at radius 3 is 2.73 bits per heavy atom. The minimum absolute atomic E-state index is 0.242. The van der Waals surface area contributed by atoms with E-state index in [-0.39, 0.29) is 6.61 Å². The zero-order valence-electron chi connectivity index (χ0n) is 7.38. The zero-order chi connectivity index (χ0) is 8.27. The van der Waals surface area contributed by atoms with E-state index in [4.69, 9.17) is 5.11 Å². The largest absolute Gasteiger partial charge is 0.392 e. The molecule has 0 aromatic carbocycles. The quantitative estimate of drug-likeness (QED) is 0.602. The molecule has 0 saturated carbocycles. The van der Waals surface area contributed by atoms with Crippen LogP contribution in [0.5, 0.6) is 0 Å². The van der Waals surface area contributed by atoms with Gasteiger partial charge in [0.15, 0.2) is 0 Å². The highest BCUT2D eigenvalue weighted by Crippen LogP contribution is 2.11. The van der Waals surface area contributed by atoms with Crippen molar-refractivity contribution in [3.63, 3.8) is 0 Å². The van der Waals surface area contributed by atoms with E-state index in [9.17, 15) is 0 Å². The number of aliphatic hydroxyl groups is 1. The van der Waals surface area contributed by atoms with Crippen molar-refractivity contribution >= 4 is 0 Å². The molecule has 1 aliphatic rings. The number of hydrogen-bond donors (Lipinski definition) is 1. The van der Waals surface area contributed by atoms with Crippen LogP contribution >= 0.6 is 0 Å². The molecule has 0 atom stereocenters. The van der Waals surface area contributed by atoms with Gasteiger partial charge in [0, 0.05) is 19.1 Å². The molecule has 1 aliphatic heterocycles. The Morgan fingerprint density at radius 2 is 2.36 bits per heavy atom. The second-order valence-electron chi connectivity index (χ2n) is 3.36. The lowest BCUT2D eigenvalue weighted by Gasteiger charge is -2.29. The van der Waals surface area contributed by atoms with Crippen molar-refractivity contribution in [2.75, 3.05) is 19.7 Å². The van der Waals surface area contributed by atoms with Crippen LogP contribution in [-0.4, -0.2) is 35.7 Å². The fraction of sp³-hybridized carbons (Fsp3) is 0.778. The van der Waals surface area contributed by atoms with Crippen molar-refractivity contribution in [3.8, 4) is 0 Å². The van der Waals surface area contributed by atoms with Crippen LogP contribution < -0.4 is 0 Å². The van der Waals surface area contributed by atoms with Crippen molar-refractivity contribution in [3.05, 3.63) is 11.6 Å². The number of aliphatic hydroxyl groups excluding tert-OH is 1. The molecule has 11 heavy (non-hydrogen) atoms. The van der Waals surface area contributed by atoms with Crippen LogP contribution in [0.2, 0.25) is 0 Å². The summed E-state index contributed by atoms with van der Waals surface area (Å²) in [5.41, 5.74) is 1.20. The fourth-order valence-electron chi connectivity index (χ4n) is 1.34. The molecule has 0 spiro atoms. The summed E-state index contributed by atoms with van der Waals surface area (Å²) >= 11 is 0. The Labute approximate surface area is 68.5 Å². The Bertz CT molecular complexity index is 152. The first kappa shape index (κ1) is 8.75. The normalized spacial score (nSPS) is 20.5. The molecule has 64 valence electrons. The molecule has 0 aromatic heterocycles. The molecule has 0 fully saturated rings. The molecule has 0 amide bonds. The third-order valence-corrected chi connectivity index (χ3v) is 2.27. The minimum atomic E-state index is 0.242. The van der Waals surface area contributed by atoms with Crippen molar-refractivity contribution in [1.82, 2.24) is 4.90 Å². The van der Waals surface area contributed by atoms with Crippen LogP contribution in [0.15, 0.2) is 11.6 Å². The summed E-state index contributed by atoms with van der Waals surface area (Å²) < 4.78 is 0. The molecule has 2 heteroatoms. The van der Waals surface area contributed by atoms with E-state index >= 15 is 0 Å². The highest BCUT2D eigenvalue weighted by atomic mass is 16.3. The zero-order valence-corrected chi connectivity index (χ0v) is 7.38. The number of nitrogens with zero attached hydrogens (tertiary/aromatic N) is 1. The second kappa shape index (κ2) is 3.88. The van der Waals surface area contributed by atoms with Crippen LogP contribution in [-0.2, 0) is 0 Å². The van der Waals surface area contributed by atoms with E-state index in [1.54, 1.807) is 0 Å². The number of rotatable bonds is 2. The molecule has 0 aromatic rings. The average molecular weight is 155 g/mol. The molecular weight excluding hydrogens is 138 g/mol. The van der Waals surface area contributed by atoms with E-state index in [0.29, 0.717) is 6.04 Å². The standard InChI is InChI=1S/C9H17NO/c1-8(2)10-5-3-9(7-11)4-6-10/h3,8,11H,4-7H2,1-2H3. The van der Waals surface area contributed by atoms with Gasteiger partial charge in [0.05, 0.1) is 6.61 Å². The Kier molecular flexibility index (Phi) is 3.09. The summed E-state index contributed by atoms with van der Waals surface area (Å²) in [7, 11) is 0. The molecule has 0 bridgehead atoms. The third kappa shape index (κ3) is 2.31. The Balaban J connectivity index is 2.41. The van der Waals surface area contributed by atoms with Gasteiger partial charge in [-0.05, 0) is 25.8 Å². The van der Waals surface area contributed by atoms with E-state index in [1.807, 2.05) is 0 Å². The van der Waals surface area contributed by atoms with Gasteiger partial charge in [-0.2, -0.15) is 0 Å². The molecule has 0 aliphatic carbocycles. The maximum absolute atomic E-state index is 8.83. The Hall–Kier alpha value is -0.340. The van der Waals surface area contributed by atoms with Crippen molar-refractivity contribution in [2.45, 2.75) is 26.3 Å². The van der Waals surface area contributed by atoms with Crippen LogP contribution in [0, 0.1) is 0 Å². The molecule has 1 N–H and O–H groups in total. The lowest BCUT2D eigenvalue weighted by molar-refractivity contribution is 0.228. The fourth-order valence-corrected chi connectivity index (χ4v) is 1.34. The highest BCUT2D eigenvalue weighted by molar-refractivity contribution is 5.07. The first-order chi connectivity index (χ1) is 5.24. The lowest BCUT2D eigenvalue weighted by atomic mass is 10.1. The van der Waals surface area contributed by atoms with Crippen molar-refractivity contribution in [1.29, 1.82) is 0 Å². The monoisotopic (exact) mass is 155 g/mol. The molecule has 0 saturated heterocycles. The van der Waals surface area contributed by atoms with E-state index in [1.165, 1.54) is 5.57 Å². The summed E-state index contributed by atoms with van der Waals surface area (Å²) in [5.74, 6) is 0. The predicted octanol–water partition coefficient (Wildman–Crippen LogP) is 1.02. The second-order valence-corrected chi connectivity index (χ2v) is 3.36. The number of hydrogen-bond acceptors (Lipinski definition) is 2. The third-order valence-electron chi connectivity index (χ3n) is 2.27. The summed E-state index contributed by atoms with van der Waals surface area (Å²) in [4.78, 5) is 2.40.